The fraction of sp³-hybridized carbons (Fsp3) is 0.241. The Kier molecular flexibility index (Phi) is 7.13. The van der Waals surface area contributed by atoms with E-state index in [-0.39, 0.29) is 44.9 Å². The Morgan fingerprint density at radius 2 is 1.80 bits per heavy atom. The Bertz CT molecular complexity index is 1980. The number of carbonyl (C=O) groups excluding carboxylic acids is 2. The van der Waals surface area contributed by atoms with E-state index in [0.717, 1.165) is 30.8 Å². The Labute approximate surface area is 256 Å². The van der Waals surface area contributed by atoms with E-state index in [1.807, 2.05) is 0 Å². The summed E-state index contributed by atoms with van der Waals surface area (Å²) in [5, 5.41) is 8.78. The number of methoxy groups -OCH3 is 1. The van der Waals surface area contributed by atoms with Crippen molar-refractivity contribution >= 4 is 22.9 Å². The Hall–Kier alpha value is -5.54. The molecule has 0 bridgehead atoms. The number of aromatic nitrogens is 4. The fourth-order valence-electron chi connectivity index (χ4n) is 4.33. The number of pyridine rings is 2. The van der Waals surface area contributed by atoms with E-state index in [0.29, 0.717) is 0 Å². The molecule has 0 fully saturated rings. The first-order chi connectivity index (χ1) is 22.5. The number of hydrogen-bond donors (Lipinski definition) is 2. The monoisotopic (exact) mass is 631 g/mol. The highest BCUT2D eigenvalue weighted by atomic mass is 19.4. The lowest BCUT2D eigenvalue weighted by molar-refractivity contribution is -0.154. The van der Waals surface area contributed by atoms with Gasteiger partial charge in [-0.05, 0) is 50.2 Å². The van der Waals surface area contributed by atoms with Crippen LogP contribution in [0.25, 0.3) is 33.6 Å². The second-order valence-electron chi connectivity index (χ2n) is 10.0. The molecule has 5 rings (SSSR count). The minimum atomic E-state index is -4.80. The smallest absolute Gasteiger partial charge is 0.422 e. The highest BCUT2D eigenvalue weighted by Gasteiger charge is 2.32. The molecule has 4 aromatic heterocycles. The Morgan fingerprint density at radius 1 is 1.04 bits per heavy atom. The van der Waals surface area contributed by atoms with E-state index >= 15 is 0 Å². The third-order valence-corrected chi connectivity index (χ3v) is 6.43. The summed E-state index contributed by atoms with van der Waals surface area (Å²) in [6.07, 6.45) is -2.75. The zero-order chi connectivity index (χ0) is 35.0. The first kappa shape index (κ1) is 27.0. The molecule has 5 aromatic rings. The quantitative estimate of drug-likeness (QED) is 0.211. The molecule has 1 aromatic carbocycles. The lowest BCUT2D eigenvalue weighted by Gasteiger charge is -2.23. The highest BCUT2D eigenvalue weighted by Crippen LogP contribution is 2.40. The third kappa shape index (κ3) is 6.39. The minimum absolute atomic E-state index is 0.00935. The fourth-order valence-corrected chi connectivity index (χ4v) is 4.33. The van der Waals surface area contributed by atoms with Crippen molar-refractivity contribution in [2.45, 2.75) is 25.6 Å². The van der Waals surface area contributed by atoms with Gasteiger partial charge in [-0.1, -0.05) is 5.16 Å². The van der Waals surface area contributed by atoms with Crippen LogP contribution in [-0.4, -0.2) is 58.8 Å². The molecule has 0 saturated heterocycles. The first-order valence-electron chi connectivity index (χ1n) is 14.4. The van der Waals surface area contributed by atoms with Crippen molar-refractivity contribution in [3.8, 4) is 34.2 Å². The molecule has 0 saturated carbocycles. The average Bonchev–Trinajstić information content (AvgIpc) is 3.68. The van der Waals surface area contributed by atoms with Gasteiger partial charge in [0.25, 0.3) is 11.8 Å². The van der Waals surface area contributed by atoms with E-state index in [1.54, 1.807) is 0 Å². The normalized spacial score (nSPS) is 13.1. The lowest BCUT2D eigenvalue weighted by atomic mass is 10.0. The molecule has 16 heteroatoms. The molecule has 0 aliphatic carbocycles. The molecule has 4 heterocycles. The maximum atomic E-state index is 13.7. The maximum absolute atomic E-state index is 13.7. The third-order valence-electron chi connectivity index (χ3n) is 6.43. The molecule has 0 aliphatic heterocycles. The van der Waals surface area contributed by atoms with Gasteiger partial charge in [0, 0.05) is 29.9 Å². The Morgan fingerprint density at radius 3 is 2.44 bits per heavy atom. The first-order valence-corrected chi connectivity index (χ1v) is 12.9. The standard InChI is InChI=1S/C29H24F4N6O6/c1-28(2,27-36-13-44-39-27)38-22(40)19-9-15(11-35-24(19)42-4)17-10-18-20(23(41)34-3)21(14-5-7-16(30)8-6-14)45-26(18)37-25(17)43-12-29(31,32)33/h5-11,13H,12H2,1-4H3,(H,34,41)(H,38,40)/i4D3. The van der Waals surface area contributed by atoms with E-state index < -0.39 is 60.3 Å². The molecule has 0 atom stereocenters. The zero-order valence-corrected chi connectivity index (χ0v) is 23.6. The number of carbonyl (C=O) groups is 2. The molecular formula is C29H24F4N6O6. The van der Waals surface area contributed by atoms with E-state index in [4.69, 9.17) is 22.5 Å². The van der Waals surface area contributed by atoms with E-state index in [9.17, 15) is 27.2 Å². The van der Waals surface area contributed by atoms with Gasteiger partial charge in [-0.15, -0.1) is 0 Å². The lowest BCUT2D eigenvalue weighted by Crippen LogP contribution is -2.42. The number of benzene rings is 1. The molecule has 234 valence electrons. The summed E-state index contributed by atoms with van der Waals surface area (Å²) in [4.78, 5) is 38.7. The molecule has 12 nitrogen and oxygen atoms in total. The van der Waals surface area contributed by atoms with Crippen LogP contribution >= 0.6 is 0 Å². The molecule has 0 spiro atoms. The van der Waals surface area contributed by atoms with Gasteiger partial charge in [-0.2, -0.15) is 23.1 Å². The second-order valence-corrected chi connectivity index (χ2v) is 10.0. The summed E-state index contributed by atoms with van der Waals surface area (Å²) >= 11 is 0. The van der Waals surface area contributed by atoms with Crippen molar-refractivity contribution in [2.75, 3.05) is 20.7 Å². The van der Waals surface area contributed by atoms with Crippen molar-refractivity contribution in [3.05, 3.63) is 71.8 Å². The summed E-state index contributed by atoms with van der Waals surface area (Å²) in [6, 6.07) is 7.23. The second kappa shape index (κ2) is 11.9. The van der Waals surface area contributed by atoms with Gasteiger partial charge >= 0.3 is 6.18 Å². The van der Waals surface area contributed by atoms with Crippen LogP contribution in [0, 0.1) is 5.82 Å². The topological polar surface area (TPSA) is 154 Å². The van der Waals surface area contributed by atoms with Gasteiger partial charge in [0.1, 0.15) is 17.1 Å². The van der Waals surface area contributed by atoms with Crippen LogP contribution in [0.15, 0.2) is 57.9 Å². The van der Waals surface area contributed by atoms with Gasteiger partial charge in [0.15, 0.2) is 12.4 Å². The van der Waals surface area contributed by atoms with Crippen LogP contribution < -0.4 is 20.1 Å². The summed E-state index contributed by atoms with van der Waals surface area (Å²) < 4.78 is 96.7. The van der Waals surface area contributed by atoms with Crippen molar-refractivity contribution in [3.63, 3.8) is 0 Å². The summed E-state index contributed by atoms with van der Waals surface area (Å²) in [7, 11) is -1.72. The van der Waals surface area contributed by atoms with Crippen LogP contribution in [0.1, 0.15) is 44.5 Å². The highest BCUT2D eigenvalue weighted by molar-refractivity contribution is 6.11. The largest absolute Gasteiger partial charge is 0.480 e. The SMILES string of the molecule is [2H]C([2H])([2H])Oc1ncc(-c2cc3c(C(=O)NC)c(-c4ccc(F)cc4)oc3nc2OCC(F)(F)F)cc1C(=O)NC(C)(C)c1ncon1. The van der Waals surface area contributed by atoms with Crippen molar-refractivity contribution in [2.24, 2.45) is 0 Å². The van der Waals surface area contributed by atoms with Crippen LogP contribution in [0.2, 0.25) is 0 Å². The van der Waals surface area contributed by atoms with Gasteiger partial charge in [0.2, 0.25) is 23.9 Å². The molecule has 2 N–H and O–H groups in total. The van der Waals surface area contributed by atoms with E-state index in [2.05, 4.69) is 30.7 Å². The Balaban J connectivity index is 1.71. The summed E-state index contributed by atoms with van der Waals surface area (Å²) in [5.41, 5.74) is -2.14. The predicted molar refractivity (Wildman–Crippen MR) is 149 cm³/mol. The minimum Gasteiger partial charge on any atom is -0.480 e. The zero-order valence-electron chi connectivity index (χ0n) is 26.6. The number of furan rings is 1. The number of fused-ring (bicyclic) bond motifs is 1. The molecule has 2 amide bonds. The van der Waals surface area contributed by atoms with Crippen molar-refractivity contribution in [1.82, 2.24) is 30.7 Å². The summed E-state index contributed by atoms with van der Waals surface area (Å²) in [5.74, 6) is -3.45. The molecule has 45 heavy (non-hydrogen) atoms. The van der Waals surface area contributed by atoms with Crippen molar-refractivity contribution < 1.29 is 49.7 Å². The van der Waals surface area contributed by atoms with Gasteiger partial charge in [-0.25, -0.2) is 9.37 Å². The number of alkyl halides is 3. The number of nitrogens with zero attached hydrogens (tertiary/aromatic N) is 4. The van der Waals surface area contributed by atoms with Crippen LogP contribution in [0.4, 0.5) is 17.6 Å². The van der Waals surface area contributed by atoms with Crippen LogP contribution in [0.5, 0.6) is 11.8 Å². The number of rotatable bonds is 9. The van der Waals surface area contributed by atoms with Crippen molar-refractivity contribution in [1.29, 1.82) is 0 Å². The van der Waals surface area contributed by atoms with Gasteiger partial charge < -0.3 is 29.0 Å². The van der Waals surface area contributed by atoms with Gasteiger partial charge in [0.05, 0.1) is 27.6 Å². The molecule has 0 unspecified atom stereocenters. The number of hydrogen-bond acceptors (Lipinski definition) is 10. The maximum Gasteiger partial charge on any atom is 0.422 e. The average molecular weight is 632 g/mol. The summed E-state index contributed by atoms with van der Waals surface area (Å²) in [6.45, 7) is 1.26. The van der Waals surface area contributed by atoms with Crippen LogP contribution in [-0.2, 0) is 5.54 Å². The number of halogens is 4. The number of ether oxygens (including phenoxy) is 2. The van der Waals surface area contributed by atoms with Gasteiger partial charge in [-0.3, -0.25) is 9.59 Å². The number of amides is 2. The molecule has 0 radical (unpaired) electrons. The molecule has 0 aliphatic rings. The predicted octanol–water partition coefficient (Wildman–Crippen LogP) is 5.05. The van der Waals surface area contributed by atoms with Crippen LogP contribution in [0.3, 0.4) is 0 Å². The molecular weight excluding hydrogens is 604 g/mol. The van der Waals surface area contributed by atoms with E-state index in [1.165, 1.54) is 39.1 Å². The number of nitrogens with one attached hydrogen (secondary N) is 2.